The largest absolute Gasteiger partial charge is 0.481 e. The van der Waals surface area contributed by atoms with Crippen LogP contribution in [0.1, 0.15) is 65.7 Å². The van der Waals surface area contributed by atoms with Crippen molar-refractivity contribution >= 4 is 11.9 Å². The molecule has 20 heavy (non-hydrogen) atoms. The number of aliphatic carboxylic acids is 1. The average Bonchev–Trinajstić information content (AvgIpc) is 2.43. The molecule has 1 aliphatic rings. The summed E-state index contributed by atoms with van der Waals surface area (Å²) in [5, 5.41) is 9.44. The van der Waals surface area contributed by atoms with Crippen molar-refractivity contribution in [2.45, 2.75) is 71.8 Å². The van der Waals surface area contributed by atoms with Gasteiger partial charge in [-0.25, -0.2) is 0 Å². The molecule has 0 aromatic carbocycles. The minimum atomic E-state index is -0.897. The van der Waals surface area contributed by atoms with Gasteiger partial charge in [-0.2, -0.15) is 0 Å². The lowest BCUT2D eigenvalue weighted by molar-refractivity contribution is -0.154. The van der Waals surface area contributed by atoms with E-state index in [1.54, 1.807) is 4.90 Å². The van der Waals surface area contributed by atoms with Gasteiger partial charge in [0, 0.05) is 19.5 Å². The molecule has 4 heteroatoms. The predicted octanol–water partition coefficient (Wildman–Crippen LogP) is 3.30. The molecule has 0 radical (unpaired) electrons. The van der Waals surface area contributed by atoms with Gasteiger partial charge in [0.1, 0.15) is 0 Å². The highest BCUT2D eigenvalue weighted by atomic mass is 16.4. The number of carbonyl (C=O) groups is 2. The van der Waals surface area contributed by atoms with E-state index in [0.29, 0.717) is 18.8 Å². The summed E-state index contributed by atoms with van der Waals surface area (Å²) in [6, 6.07) is 0.284. The van der Waals surface area contributed by atoms with E-state index < -0.39 is 11.4 Å². The first-order valence-corrected chi connectivity index (χ1v) is 7.85. The van der Waals surface area contributed by atoms with E-state index >= 15 is 0 Å². The molecule has 0 aromatic rings. The summed E-state index contributed by atoms with van der Waals surface area (Å²) in [5.41, 5.74) is -0.897. The molecule has 1 N–H and O–H groups in total. The SMILES string of the molecule is CCC(CC)(CC(=O)N(C)C1CCCC(C)C1)C(=O)O. The average molecular weight is 283 g/mol. The Morgan fingerprint density at radius 3 is 2.30 bits per heavy atom. The molecular formula is C16H29NO3. The minimum absolute atomic E-state index is 0.0183. The summed E-state index contributed by atoms with van der Waals surface area (Å²) in [7, 11) is 1.84. The molecule has 1 saturated carbocycles. The van der Waals surface area contributed by atoms with Crippen LogP contribution < -0.4 is 0 Å². The Morgan fingerprint density at radius 1 is 1.25 bits per heavy atom. The van der Waals surface area contributed by atoms with Crippen LogP contribution in [0.15, 0.2) is 0 Å². The molecule has 1 rings (SSSR count). The maximum atomic E-state index is 12.4. The maximum absolute atomic E-state index is 12.4. The number of carboxylic acids is 1. The van der Waals surface area contributed by atoms with E-state index in [9.17, 15) is 14.7 Å². The van der Waals surface area contributed by atoms with Crippen LogP contribution in [0.2, 0.25) is 0 Å². The van der Waals surface area contributed by atoms with E-state index in [1.165, 1.54) is 6.42 Å². The van der Waals surface area contributed by atoms with Crippen molar-refractivity contribution in [2.75, 3.05) is 7.05 Å². The van der Waals surface area contributed by atoms with Crippen molar-refractivity contribution < 1.29 is 14.7 Å². The van der Waals surface area contributed by atoms with Gasteiger partial charge < -0.3 is 10.0 Å². The Morgan fingerprint density at radius 2 is 1.85 bits per heavy atom. The minimum Gasteiger partial charge on any atom is -0.481 e. The van der Waals surface area contributed by atoms with Crippen LogP contribution in [-0.4, -0.2) is 35.0 Å². The summed E-state index contributed by atoms with van der Waals surface area (Å²) in [4.78, 5) is 25.8. The predicted molar refractivity (Wildman–Crippen MR) is 79.5 cm³/mol. The van der Waals surface area contributed by atoms with Gasteiger partial charge in [0.2, 0.25) is 5.91 Å². The lowest BCUT2D eigenvalue weighted by Crippen LogP contribution is -2.43. The van der Waals surface area contributed by atoms with Crippen LogP contribution in [0.4, 0.5) is 0 Å². The first-order chi connectivity index (χ1) is 9.36. The van der Waals surface area contributed by atoms with Crippen LogP contribution in [0.25, 0.3) is 0 Å². The van der Waals surface area contributed by atoms with Crippen LogP contribution in [-0.2, 0) is 9.59 Å². The third-order valence-electron chi connectivity index (χ3n) is 5.15. The second-order valence-corrected chi connectivity index (χ2v) is 6.40. The molecule has 0 spiro atoms. The third kappa shape index (κ3) is 3.74. The zero-order valence-electron chi connectivity index (χ0n) is 13.3. The Bertz CT molecular complexity index is 350. The van der Waals surface area contributed by atoms with Crippen LogP contribution in [0.3, 0.4) is 0 Å². The van der Waals surface area contributed by atoms with Gasteiger partial charge in [0.05, 0.1) is 5.41 Å². The van der Waals surface area contributed by atoms with Gasteiger partial charge in [-0.1, -0.05) is 33.6 Å². The van der Waals surface area contributed by atoms with E-state index in [0.717, 1.165) is 19.3 Å². The zero-order valence-corrected chi connectivity index (χ0v) is 13.3. The lowest BCUT2D eigenvalue weighted by atomic mass is 9.78. The molecule has 1 fully saturated rings. The van der Waals surface area contributed by atoms with Crippen LogP contribution in [0.5, 0.6) is 0 Å². The number of carboxylic acid groups (broad SMARTS) is 1. The highest BCUT2D eigenvalue weighted by molar-refractivity contribution is 5.85. The molecule has 0 aliphatic heterocycles. The first-order valence-electron chi connectivity index (χ1n) is 7.85. The summed E-state index contributed by atoms with van der Waals surface area (Å²) in [5.74, 6) is -0.206. The van der Waals surface area contributed by atoms with Crippen molar-refractivity contribution in [3.63, 3.8) is 0 Å². The Hall–Kier alpha value is -1.06. The monoisotopic (exact) mass is 283 g/mol. The topological polar surface area (TPSA) is 57.6 Å². The van der Waals surface area contributed by atoms with Gasteiger partial charge in [0.25, 0.3) is 0 Å². The van der Waals surface area contributed by atoms with Gasteiger partial charge in [-0.05, 0) is 31.6 Å². The quantitative estimate of drug-likeness (QED) is 0.813. The summed E-state index contributed by atoms with van der Waals surface area (Å²) in [6.07, 6.45) is 5.61. The summed E-state index contributed by atoms with van der Waals surface area (Å²) in [6.45, 7) is 5.94. The molecule has 0 saturated heterocycles. The zero-order chi connectivity index (χ0) is 15.3. The Kier molecular flexibility index (Phi) is 6.03. The molecule has 0 heterocycles. The van der Waals surface area contributed by atoms with Crippen molar-refractivity contribution in [3.8, 4) is 0 Å². The number of amides is 1. The number of nitrogens with zero attached hydrogens (tertiary/aromatic N) is 1. The van der Waals surface area contributed by atoms with Crippen molar-refractivity contribution in [2.24, 2.45) is 11.3 Å². The fraction of sp³-hybridized carbons (Fsp3) is 0.875. The number of hydrogen-bond acceptors (Lipinski definition) is 2. The van der Waals surface area contributed by atoms with E-state index in [-0.39, 0.29) is 18.4 Å². The van der Waals surface area contributed by atoms with Crippen LogP contribution in [0, 0.1) is 11.3 Å². The normalized spacial score (nSPS) is 23.4. The van der Waals surface area contributed by atoms with E-state index in [4.69, 9.17) is 0 Å². The molecule has 0 bridgehead atoms. The van der Waals surface area contributed by atoms with Gasteiger partial charge in [0.15, 0.2) is 0 Å². The van der Waals surface area contributed by atoms with Crippen molar-refractivity contribution in [1.82, 2.24) is 4.90 Å². The molecule has 0 aromatic heterocycles. The van der Waals surface area contributed by atoms with Gasteiger partial charge in [-0.15, -0.1) is 0 Å². The number of rotatable bonds is 6. The Labute approximate surface area is 122 Å². The highest BCUT2D eigenvalue weighted by Gasteiger charge is 2.39. The maximum Gasteiger partial charge on any atom is 0.310 e. The Balaban J connectivity index is 2.71. The number of hydrogen-bond donors (Lipinski definition) is 1. The first kappa shape index (κ1) is 17.0. The molecule has 2 unspecified atom stereocenters. The number of carbonyl (C=O) groups excluding carboxylic acids is 1. The lowest BCUT2D eigenvalue weighted by Gasteiger charge is -2.36. The molecule has 116 valence electrons. The molecule has 2 atom stereocenters. The second kappa shape index (κ2) is 7.09. The standard InChI is InChI=1S/C16H29NO3/c1-5-16(6-2,15(19)20)11-14(18)17(4)13-9-7-8-12(3)10-13/h12-13H,5-11H2,1-4H3,(H,19,20). The van der Waals surface area contributed by atoms with Crippen molar-refractivity contribution in [1.29, 1.82) is 0 Å². The molecule has 4 nitrogen and oxygen atoms in total. The molecular weight excluding hydrogens is 254 g/mol. The third-order valence-corrected chi connectivity index (χ3v) is 5.15. The second-order valence-electron chi connectivity index (χ2n) is 6.40. The summed E-state index contributed by atoms with van der Waals surface area (Å²) >= 11 is 0. The highest BCUT2D eigenvalue weighted by Crippen LogP contribution is 2.33. The molecule has 1 aliphatic carbocycles. The van der Waals surface area contributed by atoms with Crippen LogP contribution >= 0.6 is 0 Å². The summed E-state index contributed by atoms with van der Waals surface area (Å²) < 4.78 is 0. The van der Waals surface area contributed by atoms with E-state index in [2.05, 4.69) is 6.92 Å². The van der Waals surface area contributed by atoms with Gasteiger partial charge >= 0.3 is 5.97 Å². The fourth-order valence-corrected chi connectivity index (χ4v) is 3.25. The molecule has 1 amide bonds. The van der Waals surface area contributed by atoms with Crippen molar-refractivity contribution in [3.05, 3.63) is 0 Å². The van der Waals surface area contributed by atoms with E-state index in [1.807, 2.05) is 20.9 Å². The van der Waals surface area contributed by atoms with Gasteiger partial charge in [-0.3, -0.25) is 9.59 Å². The fourth-order valence-electron chi connectivity index (χ4n) is 3.25. The smallest absolute Gasteiger partial charge is 0.310 e.